The first-order chi connectivity index (χ1) is 14.0. The molecule has 2 N–H and O–H groups in total. The van der Waals surface area contributed by atoms with Gasteiger partial charge in [-0.2, -0.15) is 0 Å². The summed E-state index contributed by atoms with van der Waals surface area (Å²) in [5.74, 6) is -2.93. The number of carbonyl (C=O) groups is 2. The smallest absolute Gasteiger partial charge is 0.321 e. The second-order valence-electron chi connectivity index (χ2n) is 6.58. The molecular weight excluding hydrogens is 378 g/mol. The molecule has 3 rings (SSSR count). The van der Waals surface area contributed by atoms with Gasteiger partial charge in [-0.25, -0.2) is 18.6 Å². The zero-order valence-electron chi connectivity index (χ0n) is 16.3. The van der Waals surface area contributed by atoms with Gasteiger partial charge in [0.15, 0.2) is 5.82 Å². The third-order valence-corrected chi connectivity index (χ3v) is 4.71. The van der Waals surface area contributed by atoms with Crippen LogP contribution in [0.15, 0.2) is 36.7 Å². The largest absolute Gasteiger partial charge is 0.345 e. The van der Waals surface area contributed by atoms with Gasteiger partial charge in [0.25, 0.3) is 0 Å². The van der Waals surface area contributed by atoms with E-state index in [0.29, 0.717) is 24.1 Å². The predicted molar refractivity (Wildman–Crippen MR) is 107 cm³/mol. The number of rotatable bonds is 7. The highest BCUT2D eigenvalue weighted by Gasteiger charge is 2.25. The van der Waals surface area contributed by atoms with E-state index in [1.54, 1.807) is 18.3 Å². The Kier molecular flexibility index (Phi) is 6.21. The van der Waals surface area contributed by atoms with E-state index in [0.717, 1.165) is 25.0 Å². The molecule has 0 atom stereocenters. The molecule has 29 heavy (non-hydrogen) atoms. The first kappa shape index (κ1) is 20.4. The van der Waals surface area contributed by atoms with Gasteiger partial charge < -0.3 is 15.2 Å². The highest BCUT2D eigenvalue weighted by molar-refractivity contribution is 6.16. The second-order valence-corrected chi connectivity index (χ2v) is 6.58. The van der Waals surface area contributed by atoms with Crippen LogP contribution in [-0.2, 0) is 0 Å². The van der Waals surface area contributed by atoms with Crippen LogP contribution in [-0.4, -0.2) is 39.8 Å². The molecule has 0 saturated heterocycles. The lowest BCUT2D eigenvalue weighted by molar-refractivity contribution is 0.103. The summed E-state index contributed by atoms with van der Waals surface area (Å²) in [6.07, 6.45) is 4.63. The van der Waals surface area contributed by atoms with Crippen molar-refractivity contribution in [1.29, 1.82) is 0 Å². The SMILES string of the molecule is CCCCN(CC)C(=O)Nc1ccc(F)c(C(=O)c2c[nH]c3ncccc23)c1F. The molecule has 0 radical (unpaired) electrons. The minimum Gasteiger partial charge on any atom is -0.345 e. The number of anilines is 1. The number of ketones is 1. The molecule has 0 unspecified atom stereocenters. The predicted octanol–water partition coefficient (Wildman–Crippen LogP) is 4.73. The number of amides is 2. The van der Waals surface area contributed by atoms with E-state index in [1.807, 2.05) is 13.8 Å². The summed E-state index contributed by atoms with van der Waals surface area (Å²) in [5.41, 5.74) is -0.417. The van der Waals surface area contributed by atoms with Gasteiger partial charge in [0.1, 0.15) is 11.5 Å². The van der Waals surface area contributed by atoms with Crippen molar-refractivity contribution in [3.63, 3.8) is 0 Å². The standard InChI is InChI=1S/C21H22F2N4O2/c1-3-5-11-27(4-2)21(29)26-16-9-8-15(22)17(18(16)23)19(28)14-12-25-20-13(14)7-6-10-24-20/h6-10,12H,3-5,11H2,1-2H3,(H,24,25)(H,26,29). The van der Waals surface area contributed by atoms with Gasteiger partial charge in [0, 0.05) is 36.4 Å². The molecule has 0 spiro atoms. The number of urea groups is 1. The fraction of sp³-hybridized carbons (Fsp3) is 0.286. The fourth-order valence-corrected chi connectivity index (χ4v) is 3.08. The lowest BCUT2D eigenvalue weighted by Gasteiger charge is -2.21. The molecule has 2 amide bonds. The van der Waals surface area contributed by atoms with E-state index in [2.05, 4.69) is 15.3 Å². The zero-order chi connectivity index (χ0) is 21.0. The average Bonchev–Trinajstić information content (AvgIpc) is 3.15. The molecule has 2 aromatic heterocycles. The number of nitrogens with zero attached hydrogens (tertiary/aromatic N) is 2. The number of pyridine rings is 1. The van der Waals surface area contributed by atoms with Gasteiger partial charge in [-0.3, -0.25) is 4.79 Å². The highest BCUT2D eigenvalue weighted by atomic mass is 19.1. The molecule has 0 fully saturated rings. The molecule has 8 heteroatoms. The van der Waals surface area contributed by atoms with Gasteiger partial charge in [-0.1, -0.05) is 13.3 Å². The number of hydrogen-bond acceptors (Lipinski definition) is 3. The molecule has 0 aliphatic carbocycles. The number of H-pyrrole nitrogens is 1. The zero-order valence-corrected chi connectivity index (χ0v) is 16.3. The van der Waals surface area contributed by atoms with E-state index in [9.17, 15) is 14.0 Å². The van der Waals surface area contributed by atoms with Crippen molar-refractivity contribution in [2.45, 2.75) is 26.7 Å². The number of nitrogens with one attached hydrogen (secondary N) is 2. The lowest BCUT2D eigenvalue weighted by atomic mass is 10.0. The quantitative estimate of drug-likeness (QED) is 0.563. The first-order valence-electron chi connectivity index (χ1n) is 9.48. The average molecular weight is 400 g/mol. The Labute approximate surface area is 166 Å². The lowest BCUT2D eigenvalue weighted by Crippen LogP contribution is -2.35. The number of aromatic nitrogens is 2. The number of benzene rings is 1. The van der Waals surface area contributed by atoms with Gasteiger partial charge in [0.05, 0.1) is 11.3 Å². The molecule has 3 aromatic rings. The van der Waals surface area contributed by atoms with Crippen molar-refractivity contribution in [3.8, 4) is 0 Å². The van der Waals surface area contributed by atoms with Gasteiger partial charge in [-0.15, -0.1) is 0 Å². The van der Waals surface area contributed by atoms with Crippen LogP contribution in [0.25, 0.3) is 11.0 Å². The Morgan fingerprint density at radius 3 is 2.72 bits per heavy atom. The molecule has 0 bridgehead atoms. The molecular formula is C21H22F2N4O2. The molecule has 6 nitrogen and oxygen atoms in total. The second kappa shape index (κ2) is 8.81. The Morgan fingerprint density at radius 1 is 1.21 bits per heavy atom. The number of carbonyl (C=O) groups excluding carboxylic acids is 2. The Bertz CT molecular complexity index is 1050. The minimum atomic E-state index is -1.10. The maximum absolute atomic E-state index is 15.0. The summed E-state index contributed by atoms with van der Waals surface area (Å²) in [7, 11) is 0. The summed E-state index contributed by atoms with van der Waals surface area (Å²) >= 11 is 0. The highest BCUT2D eigenvalue weighted by Crippen LogP contribution is 2.27. The molecule has 0 aliphatic heterocycles. The van der Waals surface area contributed by atoms with Gasteiger partial charge in [0.2, 0.25) is 5.78 Å². The molecule has 1 aromatic carbocycles. The van der Waals surface area contributed by atoms with Crippen LogP contribution in [0.5, 0.6) is 0 Å². The summed E-state index contributed by atoms with van der Waals surface area (Å²) in [5, 5.41) is 2.91. The molecule has 152 valence electrons. The normalized spacial score (nSPS) is 10.9. The third-order valence-electron chi connectivity index (χ3n) is 4.71. The van der Waals surface area contributed by atoms with Crippen molar-refractivity contribution in [1.82, 2.24) is 14.9 Å². The Morgan fingerprint density at radius 2 is 2.00 bits per heavy atom. The van der Waals surface area contributed by atoms with Gasteiger partial charge in [-0.05, 0) is 37.6 Å². The number of halogens is 2. The number of aromatic amines is 1. The van der Waals surface area contributed by atoms with E-state index in [4.69, 9.17) is 0 Å². The topological polar surface area (TPSA) is 78.1 Å². The van der Waals surface area contributed by atoms with Crippen LogP contribution >= 0.6 is 0 Å². The van der Waals surface area contributed by atoms with E-state index < -0.39 is 29.0 Å². The van der Waals surface area contributed by atoms with E-state index >= 15 is 4.39 Å². The van der Waals surface area contributed by atoms with Crippen LogP contribution < -0.4 is 5.32 Å². The van der Waals surface area contributed by atoms with Crippen LogP contribution in [0.1, 0.15) is 42.6 Å². The van der Waals surface area contributed by atoms with E-state index in [-0.39, 0.29) is 11.3 Å². The number of unbranched alkanes of at least 4 members (excludes halogenated alkanes) is 1. The molecule has 2 heterocycles. The van der Waals surface area contributed by atoms with Gasteiger partial charge >= 0.3 is 6.03 Å². The van der Waals surface area contributed by atoms with Crippen molar-refractivity contribution >= 4 is 28.5 Å². The molecule has 0 saturated carbocycles. The van der Waals surface area contributed by atoms with Crippen molar-refractivity contribution < 1.29 is 18.4 Å². The van der Waals surface area contributed by atoms with Crippen LogP contribution in [0.4, 0.5) is 19.3 Å². The number of fused-ring (bicyclic) bond motifs is 1. The van der Waals surface area contributed by atoms with E-state index in [1.165, 1.54) is 11.1 Å². The summed E-state index contributed by atoms with van der Waals surface area (Å²) in [6.45, 7) is 4.79. The third kappa shape index (κ3) is 4.11. The Hall–Kier alpha value is -3.29. The van der Waals surface area contributed by atoms with Crippen molar-refractivity contribution in [2.75, 3.05) is 18.4 Å². The maximum Gasteiger partial charge on any atom is 0.321 e. The van der Waals surface area contributed by atoms with Crippen molar-refractivity contribution in [3.05, 3.63) is 59.4 Å². The van der Waals surface area contributed by atoms with Crippen molar-refractivity contribution in [2.24, 2.45) is 0 Å². The fourth-order valence-electron chi connectivity index (χ4n) is 3.08. The summed E-state index contributed by atoms with van der Waals surface area (Å²) in [6, 6.07) is 4.86. The van der Waals surface area contributed by atoms with Crippen LogP contribution in [0.3, 0.4) is 0 Å². The summed E-state index contributed by atoms with van der Waals surface area (Å²) in [4.78, 5) is 33.7. The number of hydrogen-bond donors (Lipinski definition) is 2. The Balaban J connectivity index is 1.93. The molecule has 0 aliphatic rings. The van der Waals surface area contributed by atoms with Crippen LogP contribution in [0, 0.1) is 11.6 Å². The maximum atomic E-state index is 15.0. The van der Waals surface area contributed by atoms with Crippen LogP contribution in [0.2, 0.25) is 0 Å². The first-order valence-corrected chi connectivity index (χ1v) is 9.48. The monoisotopic (exact) mass is 400 g/mol. The summed E-state index contributed by atoms with van der Waals surface area (Å²) < 4.78 is 29.4. The minimum absolute atomic E-state index is 0.104.